The van der Waals surface area contributed by atoms with Gasteiger partial charge in [-0.15, -0.1) is 0 Å². The number of halogens is 1. The molecule has 1 aromatic carbocycles. The Morgan fingerprint density at radius 1 is 1.47 bits per heavy atom. The van der Waals surface area contributed by atoms with Crippen molar-refractivity contribution in [3.63, 3.8) is 0 Å². The van der Waals surface area contributed by atoms with Gasteiger partial charge in [-0.2, -0.15) is 5.26 Å². The van der Waals surface area contributed by atoms with E-state index >= 15 is 0 Å². The van der Waals surface area contributed by atoms with Gasteiger partial charge in [-0.1, -0.05) is 50.1 Å². The monoisotopic (exact) mass is 273 g/mol. The molecule has 1 atom stereocenters. The van der Waals surface area contributed by atoms with Crippen molar-refractivity contribution in [3.05, 3.63) is 40.9 Å². The van der Waals surface area contributed by atoms with Crippen LogP contribution >= 0.6 is 11.6 Å². The van der Waals surface area contributed by atoms with Crippen LogP contribution in [0, 0.1) is 16.7 Å². The largest absolute Gasteiger partial charge is 0.198 e. The fourth-order valence-electron chi connectivity index (χ4n) is 3.28. The van der Waals surface area contributed by atoms with Crippen LogP contribution in [0.25, 0.3) is 6.08 Å². The van der Waals surface area contributed by atoms with E-state index in [2.05, 4.69) is 25.6 Å². The second kappa shape index (κ2) is 5.80. The SMILES string of the molecule is C=Cc1cc(Cl)ccc1C(C)CC1(C#N)CCCC1. The Morgan fingerprint density at radius 3 is 2.74 bits per heavy atom. The summed E-state index contributed by atoms with van der Waals surface area (Å²) in [7, 11) is 0. The van der Waals surface area contributed by atoms with Crippen molar-refractivity contribution in [1.29, 1.82) is 5.26 Å². The van der Waals surface area contributed by atoms with Crippen molar-refractivity contribution in [2.24, 2.45) is 5.41 Å². The lowest BCUT2D eigenvalue weighted by Crippen LogP contribution is -2.17. The first kappa shape index (κ1) is 14.2. The van der Waals surface area contributed by atoms with Crippen molar-refractivity contribution >= 4 is 17.7 Å². The highest BCUT2D eigenvalue weighted by atomic mass is 35.5. The Balaban J connectivity index is 2.22. The standard InChI is InChI=1S/C17H20ClN/c1-3-14-10-15(18)6-7-16(14)13(2)11-17(12-19)8-4-5-9-17/h3,6-7,10,13H,1,4-5,8-9,11H2,2H3. The zero-order valence-electron chi connectivity index (χ0n) is 11.5. The van der Waals surface area contributed by atoms with Crippen molar-refractivity contribution < 1.29 is 0 Å². The predicted molar refractivity (Wildman–Crippen MR) is 81.1 cm³/mol. The van der Waals surface area contributed by atoms with Gasteiger partial charge in [0.25, 0.3) is 0 Å². The van der Waals surface area contributed by atoms with Gasteiger partial charge in [0.05, 0.1) is 11.5 Å². The van der Waals surface area contributed by atoms with Gasteiger partial charge in [0, 0.05) is 5.02 Å². The lowest BCUT2D eigenvalue weighted by Gasteiger charge is -2.25. The van der Waals surface area contributed by atoms with E-state index in [4.69, 9.17) is 11.6 Å². The first-order valence-electron chi connectivity index (χ1n) is 6.93. The third-order valence-electron chi connectivity index (χ3n) is 4.29. The molecule has 0 aromatic heterocycles. The molecule has 0 radical (unpaired) electrons. The Hall–Kier alpha value is -1.26. The maximum Gasteiger partial charge on any atom is 0.0689 e. The number of hydrogen-bond acceptors (Lipinski definition) is 1. The smallest absolute Gasteiger partial charge is 0.0689 e. The Labute approximate surface area is 120 Å². The summed E-state index contributed by atoms with van der Waals surface area (Å²) in [4.78, 5) is 0. The van der Waals surface area contributed by atoms with Gasteiger partial charge in [0.15, 0.2) is 0 Å². The summed E-state index contributed by atoms with van der Waals surface area (Å²) in [5.74, 6) is 0.364. The summed E-state index contributed by atoms with van der Waals surface area (Å²) >= 11 is 6.03. The molecule has 1 unspecified atom stereocenters. The second-order valence-electron chi connectivity index (χ2n) is 5.68. The van der Waals surface area contributed by atoms with Crippen LogP contribution in [-0.4, -0.2) is 0 Å². The van der Waals surface area contributed by atoms with Gasteiger partial charge >= 0.3 is 0 Å². The quantitative estimate of drug-likeness (QED) is 0.704. The molecule has 1 aliphatic rings. The molecule has 100 valence electrons. The molecule has 1 aliphatic carbocycles. The van der Waals surface area contributed by atoms with E-state index < -0.39 is 0 Å². The van der Waals surface area contributed by atoms with E-state index in [9.17, 15) is 5.26 Å². The van der Waals surface area contributed by atoms with Gasteiger partial charge in [0.2, 0.25) is 0 Å². The molecular weight excluding hydrogens is 254 g/mol. The number of benzene rings is 1. The summed E-state index contributed by atoms with van der Waals surface area (Å²) in [5, 5.41) is 10.2. The third kappa shape index (κ3) is 3.01. The molecule has 0 spiro atoms. The minimum atomic E-state index is -0.114. The van der Waals surface area contributed by atoms with Gasteiger partial charge in [-0.3, -0.25) is 0 Å². The first-order valence-corrected chi connectivity index (χ1v) is 7.31. The normalized spacial score (nSPS) is 18.8. The Kier molecular flexibility index (Phi) is 4.32. The minimum Gasteiger partial charge on any atom is -0.198 e. The molecule has 19 heavy (non-hydrogen) atoms. The molecule has 1 nitrogen and oxygen atoms in total. The molecular formula is C17H20ClN. The summed E-state index contributed by atoms with van der Waals surface area (Å²) in [6.45, 7) is 6.06. The van der Waals surface area contributed by atoms with Crippen LogP contribution in [-0.2, 0) is 0 Å². The van der Waals surface area contributed by atoms with Crippen LogP contribution in [0.1, 0.15) is 56.1 Å². The van der Waals surface area contributed by atoms with E-state index in [0.29, 0.717) is 5.92 Å². The van der Waals surface area contributed by atoms with Crippen molar-refractivity contribution in [2.45, 2.75) is 44.9 Å². The summed E-state index contributed by atoms with van der Waals surface area (Å²) in [5.41, 5.74) is 2.23. The minimum absolute atomic E-state index is 0.114. The van der Waals surface area contributed by atoms with Crippen LogP contribution in [0.15, 0.2) is 24.8 Å². The maximum atomic E-state index is 9.49. The van der Waals surface area contributed by atoms with Crippen LogP contribution in [0.2, 0.25) is 5.02 Å². The number of rotatable bonds is 4. The zero-order valence-corrected chi connectivity index (χ0v) is 12.2. The molecule has 0 bridgehead atoms. The topological polar surface area (TPSA) is 23.8 Å². The van der Waals surface area contributed by atoms with Crippen LogP contribution in [0.3, 0.4) is 0 Å². The molecule has 0 heterocycles. The molecule has 0 aliphatic heterocycles. The number of hydrogen-bond donors (Lipinski definition) is 0. The van der Waals surface area contributed by atoms with E-state index in [1.54, 1.807) is 0 Å². The molecule has 2 rings (SSSR count). The zero-order chi connectivity index (χ0) is 13.9. The number of nitriles is 1. The molecule has 0 saturated heterocycles. The second-order valence-corrected chi connectivity index (χ2v) is 6.12. The summed E-state index contributed by atoms with van der Waals surface area (Å²) < 4.78 is 0. The highest BCUT2D eigenvalue weighted by Crippen LogP contribution is 2.45. The third-order valence-corrected chi connectivity index (χ3v) is 4.53. The van der Waals surface area contributed by atoms with Crippen molar-refractivity contribution in [3.8, 4) is 6.07 Å². The van der Waals surface area contributed by atoms with Gasteiger partial charge in [0.1, 0.15) is 0 Å². The Morgan fingerprint density at radius 2 is 2.16 bits per heavy atom. The van der Waals surface area contributed by atoms with E-state index in [1.165, 1.54) is 18.4 Å². The highest BCUT2D eigenvalue weighted by molar-refractivity contribution is 6.30. The lowest BCUT2D eigenvalue weighted by atomic mass is 9.77. The summed E-state index contributed by atoms with van der Waals surface area (Å²) in [6, 6.07) is 8.53. The average molecular weight is 274 g/mol. The molecule has 1 fully saturated rings. The van der Waals surface area contributed by atoms with Gasteiger partial charge in [-0.05, 0) is 48.4 Å². The summed E-state index contributed by atoms with van der Waals surface area (Å²) in [6.07, 6.45) is 7.26. The highest BCUT2D eigenvalue weighted by Gasteiger charge is 2.35. The molecule has 1 aromatic rings. The van der Waals surface area contributed by atoms with Crippen molar-refractivity contribution in [2.75, 3.05) is 0 Å². The molecule has 2 heteroatoms. The maximum absolute atomic E-state index is 9.49. The number of nitrogens with zero attached hydrogens (tertiary/aromatic N) is 1. The van der Waals surface area contributed by atoms with Crippen LogP contribution < -0.4 is 0 Å². The fraction of sp³-hybridized carbons (Fsp3) is 0.471. The predicted octanol–water partition coefficient (Wildman–Crippen LogP) is 5.56. The molecule has 0 amide bonds. The van der Waals surface area contributed by atoms with E-state index in [-0.39, 0.29) is 5.41 Å². The average Bonchev–Trinajstić information content (AvgIpc) is 2.87. The Bertz CT molecular complexity index is 506. The van der Waals surface area contributed by atoms with Crippen LogP contribution in [0.4, 0.5) is 0 Å². The lowest BCUT2D eigenvalue weighted by molar-refractivity contribution is 0.349. The molecule has 1 saturated carbocycles. The fourth-order valence-corrected chi connectivity index (χ4v) is 3.46. The van der Waals surface area contributed by atoms with Gasteiger partial charge in [-0.25, -0.2) is 0 Å². The van der Waals surface area contributed by atoms with Crippen molar-refractivity contribution in [1.82, 2.24) is 0 Å². The van der Waals surface area contributed by atoms with E-state index in [1.807, 2.05) is 18.2 Å². The van der Waals surface area contributed by atoms with Crippen LogP contribution in [0.5, 0.6) is 0 Å². The van der Waals surface area contributed by atoms with E-state index in [0.717, 1.165) is 29.8 Å². The first-order chi connectivity index (χ1) is 9.10. The molecule has 0 N–H and O–H groups in total. The van der Waals surface area contributed by atoms with Gasteiger partial charge < -0.3 is 0 Å².